The zero-order valence-electron chi connectivity index (χ0n) is 16.6. The van der Waals surface area contributed by atoms with E-state index in [0.29, 0.717) is 5.39 Å². The standard InChI is InChI=1S/C22H28N2O3/c1-5-9-16-19(23-12-7-8-13-23)11-10-17-20(16)24(15(3)4)14-18(21(17)25)22(26)27-6-2/h5,9-11,14-15H,6-8,12-13H2,1-4H3/b9-5-. The molecule has 0 N–H and O–H groups in total. The molecule has 3 rings (SSSR count). The highest BCUT2D eigenvalue weighted by molar-refractivity contribution is 5.98. The number of aromatic nitrogens is 1. The fourth-order valence-corrected chi connectivity index (χ4v) is 3.79. The van der Waals surface area contributed by atoms with E-state index in [4.69, 9.17) is 4.74 Å². The van der Waals surface area contributed by atoms with Gasteiger partial charge in [0.1, 0.15) is 5.56 Å². The summed E-state index contributed by atoms with van der Waals surface area (Å²) in [4.78, 5) is 27.7. The van der Waals surface area contributed by atoms with Gasteiger partial charge in [0.05, 0.1) is 12.1 Å². The molecule has 0 unspecified atom stereocenters. The van der Waals surface area contributed by atoms with Crippen molar-refractivity contribution in [1.29, 1.82) is 0 Å². The van der Waals surface area contributed by atoms with Gasteiger partial charge in [-0.05, 0) is 52.7 Å². The predicted octanol–water partition coefficient (Wildman–Crippen LogP) is 4.39. The Labute approximate surface area is 160 Å². The zero-order chi connectivity index (χ0) is 19.6. The number of hydrogen-bond acceptors (Lipinski definition) is 4. The number of ether oxygens (including phenoxy) is 1. The normalized spacial score (nSPS) is 14.6. The molecule has 0 spiro atoms. The molecule has 0 atom stereocenters. The van der Waals surface area contributed by atoms with Crippen LogP contribution in [0.25, 0.3) is 17.0 Å². The first-order valence-corrected chi connectivity index (χ1v) is 9.76. The number of allylic oxidation sites excluding steroid dienone is 1. The molecule has 1 aromatic carbocycles. The zero-order valence-corrected chi connectivity index (χ0v) is 16.6. The first kappa shape index (κ1) is 19.2. The molecule has 5 nitrogen and oxygen atoms in total. The van der Waals surface area contributed by atoms with Crippen LogP contribution in [0.15, 0.2) is 29.2 Å². The summed E-state index contributed by atoms with van der Waals surface area (Å²) in [7, 11) is 0. The van der Waals surface area contributed by atoms with Crippen LogP contribution in [0, 0.1) is 0 Å². The van der Waals surface area contributed by atoms with E-state index in [1.807, 2.05) is 29.7 Å². The molecular formula is C22H28N2O3. The number of carbonyl (C=O) groups is 1. The first-order chi connectivity index (χ1) is 13.0. The molecule has 2 heterocycles. The Bertz CT molecular complexity index is 935. The highest BCUT2D eigenvalue weighted by Crippen LogP contribution is 2.33. The molecule has 1 aromatic heterocycles. The van der Waals surface area contributed by atoms with Gasteiger partial charge in [0.15, 0.2) is 0 Å². The number of pyridine rings is 1. The number of carbonyl (C=O) groups excluding carboxylic acids is 1. The van der Waals surface area contributed by atoms with Crippen molar-refractivity contribution < 1.29 is 9.53 Å². The summed E-state index contributed by atoms with van der Waals surface area (Å²) in [5.41, 5.74) is 2.90. The second kappa shape index (κ2) is 7.99. The third-order valence-corrected chi connectivity index (χ3v) is 5.04. The van der Waals surface area contributed by atoms with Gasteiger partial charge >= 0.3 is 5.97 Å². The number of hydrogen-bond donors (Lipinski definition) is 0. The van der Waals surface area contributed by atoms with Crippen LogP contribution in [0.3, 0.4) is 0 Å². The molecular weight excluding hydrogens is 340 g/mol. The van der Waals surface area contributed by atoms with E-state index in [-0.39, 0.29) is 23.6 Å². The van der Waals surface area contributed by atoms with Crippen LogP contribution in [0.1, 0.15) is 62.5 Å². The smallest absolute Gasteiger partial charge is 0.343 e. The Kier molecular flexibility index (Phi) is 5.68. The van der Waals surface area contributed by atoms with Crippen molar-refractivity contribution in [3.05, 3.63) is 45.8 Å². The van der Waals surface area contributed by atoms with Crippen molar-refractivity contribution in [2.45, 2.75) is 46.6 Å². The fraction of sp³-hybridized carbons (Fsp3) is 0.455. The van der Waals surface area contributed by atoms with Gasteiger partial charge in [-0.25, -0.2) is 4.79 Å². The van der Waals surface area contributed by atoms with Crippen LogP contribution in [0.4, 0.5) is 5.69 Å². The van der Waals surface area contributed by atoms with Crippen LogP contribution < -0.4 is 10.3 Å². The molecule has 0 bridgehead atoms. The molecule has 144 valence electrons. The summed E-state index contributed by atoms with van der Waals surface area (Å²) in [5.74, 6) is -0.560. The topological polar surface area (TPSA) is 51.5 Å². The van der Waals surface area contributed by atoms with Crippen molar-refractivity contribution in [3.8, 4) is 0 Å². The molecule has 0 saturated carbocycles. The lowest BCUT2D eigenvalue weighted by atomic mass is 10.0. The fourth-order valence-electron chi connectivity index (χ4n) is 3.79. The number of anilines is 1. The predicted molar refractivity (Wildman–Crippen MR) is 111 cm³/mol. The lowest BCUT2D eigenvalue weighted by Crippen LogP contribution is -2.24. The third-order valence-electron chi connectivity index (χ3n) is 5.04. The van der Waals surface area contributed by atoms with Gasteiger partial charge in [0, 0.05) is 42.0 Å². The molecule has 0 amide bonds. The number of nitrogens with zero attached hydrogens (tertiary/aromatic N) is 2. The summed E-state index contributed by atoms with van der Waals surface area (Å²) in [5, 5.41) is 0.560. The van der Waals surface area contributed by atoms with Gasteiger partial charge in [-0.2, -0.15) is 0 Å². The van der Waals surface area contributed by atoms with Gasteiger partial charge in [0.25, 0.3) is 0 Å². The number of esters is 1. The second-order valence-corrected chi connectivity index (χ2v) is 7.18. The minimum atomic E-state index is -0.560. The van der Waals surface area contributed by atoms with Crippen molar-refractivity contribution in [2.24, 2.45) is 0 Å². The lowest BCUT2D eigenvalue weighted by Gasteiger charge is -2.24. The summed E-state index contributed by atoms with van der Waals surface area (Å²) < 4.78 is 7.13. The minimum absolute atomic E-state index is 0.0957. The van der Waals surface area contributed by atoms with E-state index in [1.165, 1.54) is 12.8 Å². The monoisotopic (exact) mass is 368 g/mol. The van der Waals surface area contributed by atoms with Gasteiger partial charge in [0.2, 0.25) is 5.43 Å². The summed E-state index contributed by atoms with van der Waals surface area (Å²) in [6, 6.07) is 3.98. The highest BCUT2D eigenvalue weighted by Gasteiger charge is 2.22. The Morgan fingerprint density at radius 3 is 2.56 bits per heavy atom. The molecule has 27 heavy (non-hydrogen) atoms. The van der Waals surface area contributed by atoms with E-state index in [2.05, 4.69) is 24.8 Å². The maximum atomic E-state index is 13.1. The molecule has 0 radical (unpaired) electrons. The maximum Gasteiger partial charge on any atom is 0.343 e. The van der Waals surface area contributed by atoms with Gasteiger partial charge < -0.3 is 14.2 Å². The van der Waals surface area contributed by atoms with Gasteiger partial charge in [-0.1, -0.05) is 12.2 Å². The average molecular weight is 368 g/mol. The molecule has 5 heteroatoms. The Hall–Kier alpha value is -2.56. The van der Waals surface area contributed by atoms with Crippen LogP contribution in [0.5, 0.6) is 0 Å². The minimum Gasteiger partial charge on any atom is -0.462 e. The van der Waals surface area contributed by atoms with Crippen LogP contribution in [-0.4, -0.2) is 30.2 Å². The quantitative estimate of drug-likeness (QED) is 0.735. The molecule has 2 aromatic rings. The first-order valence-electron chi connectivity index (χ1n) is 9.76. The van der Waals surface area contributed by atoms with Crippen LogP contribution in [-0.2, 0) is 4.74 Å². The van der Waals surface area contributed by atoms with E-state index < -0.39 is 5.97 Å². The highest BCUT2D eigenvalue weighted by atomic mass is 16.5. The van der Waals surface area contributed by atoms with Crippen LogP contribution >= 0.6 is 0 Å². The van der Waals surface area contributed by atoms with Crippen LogP contribution in [0.2, 0.25) is 0 Å². The summed E-state index contributed by atoms with van der Waals surface area (Å²) in [6.45, 7) is 10.1. The van der Waals surface area contributed by atoms with Gasteiger partial charge in [-0.15, -0.1) is 0 Å². The number of rotatable bonds is 5. The van der Waals surface area contributed by atoms with Crippen molar-refractivity contribution in [1.82, 2.24) is 4.57 Å². The number of fused-ring (bicyclic) bond motifs is 1. The van der Waals surface area contributed by atoms with E-state index >= 15 is 0 Å². The Balaban J connectivity index is 2.36. The third kappa shape index (κ3) is 3.51. The molecule has 1 saturated heterocycles. The average Bonchev–Trinajstić information content (AvgIpc) is 3.17. The Morgan fingerprint density at radius 1 is 1.26 bits per heavy atom. The summed E-state index contributed by atoms with van der Waals surface area (Å²) >= 11 is 0. The van der Waals surface area contributed by atoms with E-state index in [0.717, 1.165) is 29.9 Å². The van der Waals surface area contributed by atoms with Crippen molar-refractivity contribution in [3.63, 3.8) is 0 Å². The summed E-state index contributed by atoms with van der Waals surface area (Å²) in [6.07, 6.45) is 8.10. The molecule has 1 aliphatic rings. The van der Waals surface area contributed by atoms with E-state index in [1.54, 1.807) is 13.1 Å². The Morgan fingerprint density at radius 2 is 1.96 bits per heavy atom. The SMILES string of the molecule is C/C=C\c1c(N2CCCC2)ccc2c(=O)c(C(=O)OCC)cn(C(C)C)c12. The van der Waals surface area contributed by atoms with E-state index in [9.17, 15) is 9.59 Å². The van der Waals surface area contributed by atoms with Gasteiger partial charge in [-0.3, -0.25) is 4.79 Å². The second-order valence-electron chi connectivity index (χ2n) is 7.18. The lowest BCUT2D eigenvalue weighted by molar-refractivity contribution is 0.0524. The number of benzene rings is 1. The molecule has 1 fully saturated rings. The van der Waals surface area contributed by atoms with Crippen molar-refractivity contribution >= 4 is 28.6 Å². The van der Waals surface area contributed by atoms with Crippen molar-refractivity contribution in [2.75, 3.05) is 24.6 Å². The molecule has 0 aliphatic carbocycles. The maximum absolute atomic E-state index is 13.1. The molecule has 1 aliphatic heterocycles. The largest absolute Gasteiger partial charge is 0.462 e.